The molecular formula is C15H28FN3O2. The van der Waals surface area contributed by atoms with E-state index in [2.05, 4.69) is 5.32 Å². The van der Waals surface area contributed by atoms with Gasteiger partial charge in [0.25, 0.3) is 0 Å². The largest absolute Gasteiger partial charge is 0.478 e. The fourth-order valence-corrected chi connectivity index (χ4v) is 2.19. The number of nitrogens with two attached hydrogens (primary N) is 1. The van der Waals surface area contributed by atoms with Crippen LogP contribution >= 0.6 is 0 Å². The van der Waals surface area contributed by atoms with Crippen molar-refractivity contribution in [3.63, 3.8) is 0 Å². The molecule has 1 unspecified atom stereocenters. The first kappa shape index (κ1) is 17.9. The van der Waals surface area contributed by atoms with Gasteiger partial charge in [0.15, 0.2) is 6.36 Å². The molecule has 0 spiro atoms. The Balaban J connectivity index is 2.16. The molecule has 1 aliphatic rings. The minimum atomic E-state index is -1.25. The standard InChI is InChI=1S/C15H28FN3O2/c1-11(10-19-14-6-4-13(17)5-7-14)15(18)21-9-3-8-20-12(2)16/h10,12-14,18-19H,3-9,17H2,1-2H3/b11-10-,18-15?/t12?,13-,14-. The zero-order valence-electron chi connectivity index (χ0n) is 13.0. The van der Waals surface area contributed by atoms with E-state index < -0.39 is 6.36 Å². The molecule has 1 saturated carbocycles. The summed E-state index contributed by atoms with van der Waals surface area (Å²) in [5.41, 5.74) is 6.62. The third-order valence-corrected chi connectivity index (χ3v) is 3.55. The maximum Gasteiger partial charge on any atom is 0.210 e. The van der Waals surface area contributed by atoms with Gasteiger partial charge in [-0.05, 0) is 39.5 Å². The van der Waals surface area contributed by atoms with E-state index in [1.807, 2.05) is 13.1 Å². The van der Waals surface area contributed by atoms with E-state index in [1.165, 1.54) is 6.92 Å². The summed E-state index contributed by atoms with van der Waals surface area (Å²) < 4.78 is 22.4. The molecule has 21 heavy (non-hydrogen) atoms. The number of nitrogens with one attached hydrogen (secondary N) is 2. The molecule has 0 aromatic rings. The van der Waals surface area contributed by atoms with E-state index in [-0.39, 0.29) is 5.90 Å². The Bertz CT molecular complexity index is 340. The molecule has 1 fully saturated rings. The van der Waals surface area contributed by atoms with Crippen molar-refractivity contribution in [2.24, 2.45) is 5.73 Å². The number of hydrogen-bond acceptors (Lipinski definition) is 5. The number of halogens is 1. The van der Waals surface area contributed by atoms with Gasteiger partial charge in [0.1, 0.15) is 0 Å². The Morgan fingerprint density at radius 2 is 2.05 bits per heavy atom. The van der Waals surface area contributed by atoms with Gasteiger partial charge in [-0.2, -0.15) is 0 Å². The molecule has 0 saturated heterocycles. The van der Waals surface area contributed by atoms with Crippen molar-refractivity contribution in [1.82, 2.24) is 5.32 Å². The predicted octanol–water partition coefficient (Wildman–Crippen LogP) is 2.47. The van der Waals surface area contributed by atoms with Crippen LogP contribution in [0.4, 0.5) is 4.39 Å². The lowest BCUT2D eigenvalue weighted by molar-refractivity contribution is -0.0283. The zero-order valence-corrected chi connectivity index (χ0v) is 13.0. The molecule has 6 heteroatoms. The number of ether oxygens (including phenoxy) is 2. The van der Waals surface area contributed by atoms with Crippen LogP contribution in [0.5, 0.6) is 0 Å². The Morgan fingerprint density at radius 1 is 1.38 bits per heavy atom. The lowest BCUT2D eigenvalue weighted by atomic mass is 9.92. The molecule has 0 radical (unpaired) electrons. The quantitative estimate of drug-likeness (QED) is 0.365. The highest BCUT2D eigenvalue weighted by atomic mass is 19.1. The molecule has 0 aromatic heterocycles. The molecule has 0 bridgehead atoms. The summed E-state index contributed by atoms with van der Waals surface area (Å²) in [5, 5.41) is 11.1. The van der Waals surface area contributed by atoms with Crippen molar-refractivity contribution < 1.29 is 13.9 Å². The average molecular weight is 301 g/mol. The summed E-state index contributed by atoms with van der Waals surface area (Å²) in [6.45, 7) is 3.84. The second-order valence-corrected chi connectivity index (χ2v) is 5.55. The zero-order chi connectivity index (χ0) is 15.7. The first-order chi connectivity index (χ1) is 9.99. The van der Waals surface area contributed by atoms with Crippen LogP contribution in [-0.4, -0.2) is 37.6 Å². The first-order valence-corrected chi connectivity index (χ1v) is 7.65. The van der Waals surface area contributed by atoms with Gasteiger partial charge >= 0.3 is 0 Å². The Labute approximate surface area is 126 Å². The van der Waals surface area contributed by atoms with Gasteiger partial charge in [-0.3, -0.25) is 5.41 Å². The maximum atomic E-state index is 12.4. The molecule has 0 heterocycles. The van der Waals surface area contributed by atoms with Crippen molar-refractivity contribution in [1.29, 1.82) is 5.41 Å². The van der Waals surface area contributed by atoms with E-state index >= 15 is 0 Å². The third-order valence-electron chi connectivity index (χ3n) is 3.55. The van der Waals surface area contributed by atoms with Crippen molar-refractivity contribution in [3.05, 3.63) is 11.8 Å². The second kappa shape index (κ2) is 9.73. The third kappa shape index (κ3) is 8.02. The fourth-order valence-electron chi connectivity index (χ4n) is 2.19. The summed E-state index contributed by atoms with van der Waals surface area (Å²) in [5.74, 6) is 0.142. The van der Waals surface area contributed by atoms with Crippen LogP contribution in [0.15, 0.2) is 11.8 Å². The van der Waals surface area contributed by atoms with Crippen LogP contribution in [0, 0.1) is 5.41 Å². The molecule has 0 aromatic carbocycles. The first-order valence-electron chi connectivity index (χ1n) is 7.65. The number of alkyl halides is 1. The predicted molar refractivity (Wildman–Crippen MR) is 81.9 cm³/mol. The van der Waals surface area contributed by atoms with Crippen LogP contribution in [0.3, 0.4) is 0 Å². The molecule has 1 aliphatic carbocycles. The molecule has 0 aliphatic heterocycles. The van der Waals surface area contributed by atoms with Crippen molar-refractivity contribution in [3.8, 4) is 0 Å². The highest BCUT2D eigenvalue weighted by Crippen LogP contribution is 2.17. The van der Waals surface area contributed by atoms with Gasteiger partial charge < -0.3 is 20.5 Å². The van der Waals surface area contributed by atoms with E-state index in [0.29, 0.717) is 31.7 Å². The van der Waals surface area contributed by atoms with Crippen LogP contribution < -0.4 is 11.1 Å². The number of hydrogen-bond donors (Lipinski definition) is 3. The van der Waals surface area contributed by atoms with Crippen LogP contribution in [0.2, 0.25) is 0 Å². The summed E-state index contributed by atoms with van der Waals surface area (Å²) in [4.78, 5) is 0. The van der Waals surface area contributed by atoms with Crippen molar-refractivity contribution in [2.45, 2.75) is 64.4 Å². The van der Waals surface area contributed by atoms with Crippen LogP contribution in [0.25, 0.3) is 0 Å². The van der Waals surface area contributed by atoms with Gasteiger partial charge in [0, 0.05) is 30.3 Å². The lowest BCUT2D eigenvalue weighted by Gasteiger charge is -2.26. The highest BCUT2D eigenvalue weighted by molar-refractivity contribution is 5.90. The molecule has 0 amide bonds. The van der Waals surface area contributed by atoms with Gasteiger partial charge in [-0.1, -0.05) is 0 Å². The minimum Gasteiger partial charge on any atom is -0.478 e. The summed E-state index contributed by atoms with van der Waals surface area (Å²) in [6, 6.07) is 0.774. The lowest BCUT2D eigenvalue weighted by Crippen LogP contribution is -2.35. The summed E-state index contributed by atoms with van der Waals surface area (Å²) >= 11 is 0. The second-order valence-electron chi connectivity index (χ2n) is 5.55. The Morgan fingerprint density at radius 3 is 2.67 bits per heavy atom. The highest BCUT2D eigenvalue weighted by Gasteiger charge is 2.17. The van der Waals surface area contributed by atoms with Crippen LogP contribution in [0.1, 0.15) is 46.0 Å². The summed E-state index contributed by atoms with van der Waals surface area (Å²) in [7, 11) is 0. The Kier molecular flexibility index (Phi) is 8.30. The van der Waals surface area contributed by atoms with Crippen molar-refractivity contribution in [2.75, 3.05) is 13.2 Å². The summed E-state index contributed by atoms with van der Waals surface area (Å²) in [6.07, 6.45) is 5.38. The number of rotatable bonds is 8. The van der Waals surface area contributed by atoms with E-state index in [4.69, 9.17) is 20.6 Å². The minimum absolute atomic E-state index is 0.142. The SMILES string of the molecule is C/C(=C/N[C@H]1CC[C@H](N)CC1)C(=N)OCCCOC(C)F. The van der Waals surface area contributed by atoms with Gasteiger partial charge in [0.2, 0.25) is 5.90 Å². The van der Waals surface area contributed by atoms with Crippen LogP contribution in [-0.2, 0) is 9.47 Å². The molecule has 4 N–H and O–H groups in total. The maximum absolute atomic E-state index is 12.4. The smallest absolute Gasteiger partial charge is 0.210 e. The molecule has 122 valence electrons. The molecular weight excluding hydrogens is 273 g/mol. The fraction of sp³-hybridized carbons (Fsp3) is 0.800. The van der Waals surface area contributed by atoms with Gasteiger partial charge in [-0.25, -0.2) is 4.39 Å². The topological polar surface area (TPSA) is 80.4 Å². The van der Waals surface area contributed by atoms with E-state index in [9.17, 15) is 4.39 Å². The van der Waals surface area contributed by atoms with Gasteiger partial charge in [-0.15, -0.1) is 0 Å². The molecule has 1 rings (SSSR count). The molecule has 1 atom stereocenters. The normalized spacial score (nSPS) is 24.5. The molecule has 5 nitrogen and oxygen atoms in total. The average Bonchev–Trinajstić information content (AvgIpc) is 2.45. The van der Waals surface area contributed by atoms with Gasteiger partial charge in [0.05, 0.1) is 13.2 Å². The van der Waals surface area contributed by atoms with E-state index in [0.717, 1.165) is 31.3 Å². The van der Waals surface area contributed by atoms with E-state index in [1.54, 1.807) is 0 Å². The van der Waals surface area contributed by atoms with Crippen molar-refractivity contribution >= 4 is 5.90 Å². The Hall–Kier alpha value is -1.14. The monoisotopic (exact) mass is 301 g/mol.